The molecule has 0 aliphatic carbocycles. The fourth-order valence-corrected chi connectivity index (χ4v) is 4.55. The summed E-state index contributed by atoms with van der Waals surface area (Å²) in [5, 5.41) is 15.1. The van der Waals surface area contributed by atoms with Gasteiger partial charge in [0, 0.05) is 27.1 Å². The van der Waals surface area contributed by atoms with Crippen LogP contribution in [0.15, 0.2) is 96.1 Å². The number of carbonyl (C=O) groups excluding carboxylic acids is 2. The number of fused-ring (bicyclic) bond motifs is 1. The lowest BCUT2D eigenvalue weighted by molar-refractivity contribution is 0.0734. The Hall–Kier alpha value is -4.90. The van der Waals surface area contributed by atoms with Crippen LogP contribution >= 0.6 is 23.2 Å². The molecule has 2 N–H and O–H groups in total. The third-order valence-corrected chi connectivity index (χ3v) is 6.57. The molecule has 5 rings (SSSR count). The molecule has 0 spiro atoms. The third-order valence-electron chi connectivity index (χ3n) is 5.91. The number of benzene rings is 4. The number of nitrogens with zero attached hydrogens (tertiary/aromatic N) is 2. The Morgan fingerprint density at radius 1 is 0.897 bits per heavy atom. The van der Waals surface area contributed by atoms with E-state index >= 15 is 0 Å². The Kier molecular flexibility index (Phi) is 7.41. The molecular formula is C30H18Cl2N4O3. The molecule has 0 saturated heterocycles. The lowest BCUT2D eigenvalue weighted by Crippen LogP contribution is -2.19. The molecule has 0 fully saturated rings. The monoisotopic (exact) mass is 552 g/mol. The number of halogens is 2. The van der Waals surface area contributed by atoms with E-state index < -0.39 is 11.9 Å². The number of H-pyrrole nitrogens is 1. The summed E-state index contributed by atoms with van der Waals surface area (Å²) < 4.78 is 5.53. The zero-order chi connectivity index (χ0) is 27.4. The van der Waals surface area contributed by atoms with Gasteiger partial charge in [0.1, 0.15) is 17.5 Å². The number of rotatable bonds is 6. The van der Waals surface area contributed by atoms with E-state index in [4.69, 9.17) is 27.9 Å². The number of aromatic nitrogens is 1. The first-order valence-electron chi connectivity index (χ1n) is 11.7. The van der Waals surface area contributed by atoms with E-state index in [1.807, 2.05) is 12.1 Å². The number of aromatic amines is 1. The van der Waals surface area contributed by atoms with Crippen molar-refractivity contribution in [2.24, 2.45) is 5.10 Å². The second-order valence-electron chi connectivity index (χ2n) is 8.30. The Morgan fingerprint density at radius 3 is 2.38 bits per heavy atom. The van der Waals surface area contributed by atoms with Crippen molar-refractivity contribution in [2.75, 3.05) is 0 Å². The summed E-state index contributed by atoms with van der Waals surface area (Å²) >= 11 is 12.6. The van der Waals surface area contributed by atoms with Gasteiger partial charge in [-0.2, -0.15) is 10.4 Å². The van der Waals surface area contributed by atoms with Crippen LogP contribution in [0.3, 0.4) is 0 Å². The summed E-state index contributed by atoms with van der Waals surface area (Å²) in [6.07, 6.45) is 1.37. The average molecular weight is 553 g/mol. The van der Waals surface area contributed by atoms with Gasteiger partial charge in [-0.25, -0.2) is 10.2 Å². The van der Waals surface area contributed by atoms with E-state index in [-0.39, 0.29) is 22.0 Å². The van der Waals surface area contributed by atoms with E-state index in [1.165, 1.54) is 6.21 Å². The summed E-state index contributed by atoms with van der Waals surface area (Å²) in [7, 11) is 0. The highest BCUT2D eigenvalue weighted by molar-refractivity contribution is 6.34. The van der Waals surface area contributed by atoms with Crippen molar-refractivity contribution >= 4 is 52.2 Å². The van der Waals surface area contributed by atoms with Gasteiger partial charge in [0.15, 0.2) is 0 Å². The van der Waals surface area contributed by atoms with Gasteiger partial charge in [0.05, 0.1) is 27.9 Å². The molecule has 0 radical (unpaired) electrons. The highest BCUT2D eigenvalue weighted by atomic mass is 35.5. The van der Waals surface area contributed by atoms with Crippen LogP contribution in [-0.2, 0) is 0 Å². The number of hydrogen-bond donors (Lipinski definition) is 2. The van der Waals surface area contributed by atoms with Gasteiger partial charge < -0.3 is 9.72 Å². The molecule has 1 amide bonds. The fraction of sp³-hybridized carbons (Fsp3) is 0. The lowest BCUT2D eigenvalue weighted by Gasteiger charge is -2.08. The first-order valence-corrected chi connectivity index (χ1v) is 12.4. The Morgan fingerprint density at radius 2 is 1.62 bits per heavy atom. The molecule has 9 heteroatoms. The van der Waals surface area contributed by atoms with E-state index in [1.54, 1.807) is 78.9 Å². The minimum atomic E-state index is -0.624. The summed E-state index contributed by atoms with van der Waals surface area (Å²) in [6, 6.07) is 27.8. The fourth-order valence-electron chi connectivity index (χ4n) is 4.10. The van der Waals surface area contributed by atoms with Gasteiger partial charge in [0.25, 0.3) is 5.91 Å². The number of esters is 1. The number of nitriles is 1. The molecule has 1 heterocycles. The van der Waals surface area contributed by atoms with Gasteiger partial charge in [0.2, 0.25) is 0 Å². The third kappa shape index (κ3) is 5.25. The predicted octanol–water partition coefficient (Wildman–Crippen LogP) is 7.00. The van der Waals surface area contributed by atoms with Crippen molar-refractivity contribution in [1.29, 1.82) is 5.26 Å². The number of nitrogens with one attached hydrogen (secondary N) is 2. The van der Waals surface area contributed by atoms with Gasteiger partial charge in [-0.05, 0) is 36.4 Å². The zero-order valence-corrected chi connectivity index (χ0v) is 21.6. The second-order valence-corrected chi connectivity index (χ2v) is 9.12. The minimum absolute atomic E-state index is 0.191. The number of para-hydroxylation sites is 2. The molecular weight excluding hydrogens is 535 g/mol. The van der Waals surface area contributed by atoms with Gasteiger partial charge in [-0.15, -0.1) is 0 Å². The molecule has 0 aliphatic heterocycles. The SMILES string of the molecule is N#Cc1cccc2c(-c3ccccc3Cl)c(C(=O)NN=Cc3ccccc3OC(=O)c3ccccc3Cl)[nH]c12. The van der Waals surface area contributed by atoms with Crippen LogP contribution in [0.1, 0.15) is 32.0 Å². The molecule has 0 aliphatic rings. The van der Waals surface area contributed by atoms with Gasteiger partial charge in [-0.3, -0.25) is 4.79 Å². The molecule has 0 bridgehead atoms. The number of amides is 1. The number of carbonyl (C=O) groups is 2. The largest absolute Gasteiger partial charge is 0.422 e. The van der Waals surface area contributed by atoms with Gasteiger partial charge >= 0.3 is 5.97 Å². The number of hydrogen-bond acceptors (Lipinski definition) is 5. The Labute approximate surface area is 233 Å². The average Bonchev–Trinajstić information content (AvgIpc) is 3.34. The standard InChI is InChI=1S/C30H18Cl2N4O3/c31-23-13-4-2-10-20(23)26-22-12-7-9-18(16-33)27(22)35-28(26)29(37)36-34-17-19-8-1-6-15-25(19)39-30(38)21-11-3-5-14-24(21)32/h1-15,17,35H,(H,36,37). The maximum absolute atomic E-state index is 13.3. The molecule has 0 saturated carbocycles. The summed E-state index contributed by atoms with van der Waals surface area (Å²) in [4.78, 5) is 29.0. The van der Waals surface area contributed by atoms with Crippen molar-refractivity contribution in [3.63, 3.8) is 0 Å². The van der Waals surface area contributed by atoms with Crippen LogP contribution in [0.5, 0.6) is 5.75 Å². The van der Waals surface area contributed by atoms with Crippen molar-refractivity contribution in [1.82, 2.24) is 10.4 Å². The molecule has 0 atom stereocenters. The highest BCUT2D eigenvalue weighted by Gasteiger charge is 2.22. The molecule has 7 nitrogen and oxygen atoms in total. The Bertz CT molecular complexity index is 1800. The van der Waals surface area contributed by atoms with Crippen molar-refractivity contribution in [3.05, 3.63) is 123 Å². The molecule has 5 aromatic rings. The molecule has 39 heavy (non-hydrogen) atoms. The molecule has 0 unspecified atom stereocenters. The first-order chi connectivity index (χ1) is 19.0. The molecule has 4 aromatic carbocycles. The summed E-state index contributed by atoms with van der Waals surface area (Å²) in [6.45, 7) is 0. The van der Waals surface area contributed by atoms with Crippen LogP contribution < -0.4 is 10.2 Å². The topological polar surface area (TPSA) is 107 Å². The summed E-state index contributed by atoms with van der Waals surface area (Å²) in [5.74, 6) is -0.936. The van der Waals surface area contributed by atoms with E-state index in [0.717, 1.165) is 0 Å². The highest BCUT2D eigenvalue weighted by Crippen LogP contribution is 2.37. The van der Waals surface area contributed by atoms with Crippen molar-refractivity contribution in [2.45, 2.75) is 0 Å². The minimum Gasteiger partial charge on any atom is -0.422 e. The lowest BCUT2D eigenvalue weighted by atomic mass is 10.0. The number of hydrazone groups is 1. The smallest absolute Gasteiger partial charge is 0.345 e. The Balaban J connectivity index is 1.44. The first kappa shape index (κ1) is 25.7. The second kappa shape index (κ2) is 11.2. The van der Waals surface area contributed by atoms with Crippen LogP contribution in [0.25, 0.3) is 22.0 Å². The van der Waals surface area contributed by atoms with E-state index in [2.05, 4.69) is 21.6 Å². The molecule has 190 valence electrons. The predicted molar refractivity (Wildman–Crippen MR) is 151 cm³/mol. The van der Waals surface area contributed by atoms with Crippen LogP contribution in [0.2, 0.25) is 10.0 Å². The van der Waals surface area contributed by atoms with Gasteiger partial charge in [-0.1, -0.05) is 77.8 Å². The van der Waals surface area contributed by atoms with E-state index in [0.29, 0.717) is 38.2 Å². The molecule has 1 aromatic heterocycles. The summed E-state index contributed by atoms with van der Waals surface area (Å²) in [5.41, 5.74) is 5.46. The maximum atomic E-state index is 13.3. The number of ether oxygens (including phenoxy) is 1. The maximum Gasteiger partial charge on any atom is 0.345 e. The van der Waals surface area contributed by atoms with Crippen LogP contribution in [0, 0.1) is 11.3 Å². The normalized spacial score (nSPS) is 10.9. The zero-order valence-electron chi connectivity index (χ0n) is 20.1. The van der Waals surface area contributed by atoms with Crippen LogP contribution in [-0.4, -0.2) is 23.1 Å². The van der Waals surface area contributed by atoms with Crippen molar-refractivity contribution in [3.8, 4) is 22.9 Å². The van der Waals surface area contributed by atoms with Crippen LogP contribution in [0.4, 0.5) is 0 Å². The van der Waals surface area contributed by atoms with E-state index in [9.17, 15) is 14.9 Å². The quantitative estimate of drug-likeness (QED) is 0.102. The van der Waals surface area contributed by atoms with Crippen molar-refractivity contribution < 1.29 is 14.3 Å².